The smallest absolute Gasteiger partial charge is 0.327 e. The molecule has 0 spiro atoms. The minimum absolute atomic E-state index is 0.441. The third-order valence-corrected chi connectivity index (χ3v) is 1.82. The Balaban J connectivity index is 2.37. The summed E-state index contributed by atoms with van der Waals surface area (Å²) in [7, 11) is 0. The molecule has 0 fully saturated rings. The summed E-state index contributed by atoms with van der Waals surface area (Å²) in [6.07, 6.45) is 10.4. The summed E-state index contributed by atoms with van der Waals surface area (Å²) >= 11 is 0. The van der Waals surface area contributed by atoms with Crippen LogP contribution in [0.25, 0.3) is 0 Å². The molecule has 0 heterocycles. The fourth-order valence-corrected chi connectivity index (χ4v) is 1.21. The average Bonchev–Trinajstić information content (AvgIpc) is 2.03. The molecule has 0 aliphatic heterocycles. The molecule has 0 amide bonds. The topological polar surface area (TPSA) is 37.3 Å². The normalized spacial score (nSPS) is 24.2. The maximum atomic E-state index is 10.1. The van der Waals surface area contributed by atoms with Crippen LogP contribution in [0.15, 0.2) is 24.3 Å². The molecule has 0 bridgehead atoms. The first-order valence-electron chi connectivity index (χ1n) is 3.85. The maximum absolute atomic E-state index is 10.1. The van der Waals surface area contributed by atoms with E-state index >= 15 is 0 Å². The Bertz CT molecular complexity index is 192. The third kappa shape index (κ3) is 3.03. The number of carbonyl (C=O) groups is 1. The predicted molar refractivity (Wildman–Crippen MR) is 43.3 cm³/mol. The first-order valence-corrected chi connectivity index (χ1v) is 3.85. The lowest BCUT2D eigenvalue weighted by Gasteiger charge is -2.11. The van der Waals surface area contributed by atoms with Gasteiger partial charge in [0.1, 0.15) is 0 Å². The molecule has 11 heavy (non-hydrogen) atoms. The Labute approximate surface area is 66.2 Å². The quantitative estimate of drug-likeness (QED) is 0.485. The number of aliphatic carboxylic acids is 1. The minimum atomic E-state index is -0.848. The summed E-state index contributed by atoms with van der Waals surface area (Å²) in [4.78, 5) is 10.1. The summed E-state index contributed by atoms with van der Waals surface area (Å²) in [6.45, 7) is 0. The van der Waals surface area contributed by atoms with Gasteiger partial charge in [-0.05, 0) is 25.2 Å². The van der Waals surface area contributed by atoms with Crippen LogP contribution in [0.3, 0.4) is 0 Å². The predicted octanol–water partition coefficient (Wildman–Crippen LogP) is 1.98. The van der Waals surface area contributed by atoms with Crippen molar-refractivity contribution in [1.82, 2.24) is 0 Å². The van der Waals surface area contributed by atoms with Crippen LogP contribution in [0.1, 0.15) is 19.3 Å². The van der Waals surface area contributed by atoms with Crippen molar-refractivity contribution in [2.75, 3.05) is 0 Å². The Morgan fingerprint density at radius 2 is 2.36 bits per heavy atom. The standard InChI is InChI=1S/C9H12O2/c10-9(11)7-6-8-4-2-1-3-5-8/h1-2,6-8H,3-5H2,(H,10,11)/b7-6+. The van der Waals surface area contributed by atoms with Crippen molar-refractivity contribution in [2.45, 2.75) is 19.3 Å². The first-order chi connectivity index (χ1) is 5.29. The van der Waals surface area contributed by atoms with Gasteiger partial charge in [0.2, 0.25) is 0 Å². The molecule has 1 atom stereocenters. The van der Waals surface area contributed by atoms with Gasteiger partial charge < -0.3 is 5.11 Å². The molecule has 1 unspecified atom stereocenters. The van der Waals surface area contributed by atoms with Crippen LogP contribution in [-0.4, -0.2) is 11.1 Å². The highest BCUT2D eigenvalue weighted by Gasteiger charge is 2.05. The monoisotopic (exact) mass is 152 g/mol. The fraction of sp³-hybridized carbons (Fsp3) is 0.444. The highest BCUT2D eigenvalue weighted by molar-refractivity contribution is 5.79. The van der Waals surface area contributed by atoms with Gasteiger partial charge in [0.25, 0.3) is 0 Å². The van der Waals surface area contributed by atoms with Crippen LogP contribution < -0.4 is 0 Å². The van der Waals surface area contributed by atoms with Crippen molar-refractivity contribution in [3.63, 3.8) is 0 Å². The van der Waals surface area contributed by atoms with Crippen molar-refractivity contribution >= 4 is 5.97 Å². The maximum Gasteiger partial charge on any atom is 0.327 e. The lowest BCUT2D eigenvalue weighted by Crippen LogP contribution is -1.99. The summed E-state index contributed by atoms with van der Waals surface area (Å²) in [5.74, 6) is -0.407. The molecule has 0 saturated heterocycles. The molecular formula is C9H12O2. The van der Waals surface area contributed by atoms with Gasteiger partial charge in [-0.25, -0.2) is 4.79 Å². The molecule has 1 N–H and O–H groups in total. The molecular weight excluding hydrogens is 140 g/mol. The zero-order valence-electron chi connectivity index (χ0n) is 6.36. The van der Waals surface area contributed by atoms with E-state index in [1.54, 1.807) is 6.08 Å². The van der Waals surface area contributed by atoms with Crippen molar-refractivity contribution < 1.29 is 9.90 Å². The number of carboxylic acid groups (broad SMARTS) is 1. The summed E-state index contributed by atoms with van der Waals surface area (Å²) in [5.41, 5.74) is 0. The number of rotatable bonds is 2. The van der Waals surface area contributed by atoms with E-state index in [4.69, 9.17) is 5.11 Å². The van der Waals surface area contributed by atoms with Crippen molar-refractivity contribution in [2.24, 2.45) is 5.92 Å². The molecule has 0 radical (unpaired) electrons. The zero-order valence-corrected chi connectivity index (χ0v) is 6.36. The van der Waals surface area contributed by atoms with Crippen LogP contribution >= 0.6 is 0 Å². The average molecular weight is 152 g/mol. The highest BCUT2D eigenvalue weighted by Crippen LogP contribution is 2.18. The van der Waals surface area contributed by atoms with E-state index in [2.05, 4.69) is 12.2 Å². The van der Waals surface area contributed by atoms with E-state index in [1.165, 1.54) is 6.08 Å². The first kappa shape index (κ1) is 8.05. The third-order valence-electron chi connectivity index (χ3n) is 1.82. The number of carboxylic acids is 1. The van der Waals surface area contributed by atoms with Crippen LogP contribution in [0.4, 0.5) is 0 Å². The lowest BCUT2D eigenvalue weighted by atomic mass is 9.94. The van der Waals surface area contributed by atoms with E-state index in [9.17, 15) is 4.79 Å². The van der Waals surface area contributed by atoms with Crippen molar-refractivity contribution in [3.8, 4) is 0 Å². The van der Waals surface area contributed by atoms with E-state index in [1.807, 2.05) is 0 Å². The van der Waals surface area contributed by atoms with Gasteiger partial charge in [-0.3, -0.25) is 0 Å². The molecule has 0 saturated carbocycles. The van der Waals surface area contributed by atoms with Gasteiger partial charge in [-0.15, -0.1) is 0 Å². The summed E-state index contributed by atoms with van der Waals surface area (Å²) in [5, 5.41) is 8.34. The SMILES string of the molecule is O=C(O)/C=C/C1CC=CCC1. The van der Waals surface area contributed by atoms with Crippen LogP contribution in [0.5, 0.6) is 0 Å². The van der Waals surface area contributed by atoms with E-state index in [0.717, 1.165) is 19.3 Å². The van der Waals surface area contributed by atoms with Crippen LogP contribution in [0, 0.1) is 5.92 Å². The van der Waals surface area contributed by atoms with Gasteiger partial charge in [0.05, 0.1) is 0 Å². The van der Waals surface area contributed by atoms with Crippen LogP contribution in [0.2, 0.25) is 0 Å². The Kier molecular flexibility index (Phi) is 2.90. The molecule has 1 rings (SSSR count). The second-order valence-electron chi connectivity index (χ2n) is 2.74. The minimum Gasteiger partial charge on any atom is -0.478 e. The lowest BCUT2D eigenvalue weighted by molar-refractivity contribution is -0.131. The Hall–Kier alpha value is -1.05. The van der Waals surface area contributed by atoms with Gasteiger partial charge in [-0.2, -0.15) is 0 Å². The van der Waals surface area contributed by atoms with Crippen molar-refractivity contribution in [3.05, 3.63) is 24.3 Å². The Morgan fingerprint density at radius 1 is 1.55 bits per heavy atom. The second-order valence-corrected chi connectivity index (χ2v) is 2.74. The molecule has 2 nitrogen and oxygen atoms in total. The van der Waals surface area contributed by atoms with Gasteiger partial charge in [0.15, 0.2) is 0 Å². The van der Waals surface area contributed by atoms with Gasteiger partial charge in [-0.1, -0.05) is 18.2 Å². The van der Waals surface area contributed by atoms with Crippen molar-refractivity contribution in [1.29, 1.82) is 0 Å². The van der Waals surface area contributed by atoms with Crippen LogP contribution in [-0.2, 0) is 4.79 Å². The molecule has 1 aliphatic carbocycles. The Morgan fingerprint density at radius 3 is 2.91 bits per heavy atom. The number of hydrogen-bond donors (Lipinski definition) is 1. The molecule has 1 aliphatic rings. The second kappa shape index (κ2) is 3.96. The molecule has 0 aromatic carbocycles. The number of allylic oxidation sites excluding steroid dienone is 3. The summed E-state index contributed by atoms with van der Waals surface area (Å²) in [6, 6.07) is 0. The molecule has 0 aromatic heterocycles. The van der Waals surface area contributed by atoms with E-state index < -0.39 is 5.97 Å². The fourth-order valence-electron chi connectivity index (χ4n) is 1.21. The molecule has 2 heteroatoms. The van der Waals surface area contributed by atoms with E-state index in [0.29, 0.717) is 5.92 Å². The van der Waals surface area contributed by atoms with Gasteiger partial charge >= 0.3 is 5.97 Å². The number of hydrogen-bond acceptors (Lipinski definition) is 1. The molecule has 60 valence electrons. The molecule has 0 aromatic rings. The largest absolute Gasteiger partial charge is 0.478 e. The summed E-state index contributed by atoms with van der Waals surface area (Å²) < 4.78 is 0. The van der Waals surface area contributed by atoms with E-state index in [-0.39, 0.29) is 0 Å². The zero-order chi connectivity index (χ0) is 8.10. The van der Waals surface area contributed by atoms with Gasteiger partial charge in [0, 0.05) is 6.08 Å². The highest BCUT2D eigenvalue weighted by atomic mass is 16.4.